The minimum atomic E-state index is -0.481. The summed E-state index contributed by atoms with van der Waals surface area (Å²) < 4.78 is 5.38. The molecule has 0 amide bonds. The standard InChI is InChI=1S/C15H20N2O2/c1-12(9-16)19-14-5-3-13(4-6-14)10-17-11-15(18)7-2-8-15/h3-6,12,17-18H,2,7-8,10-11H2,1H3. The molecule has 1 atom stereocenters. The highest BCUT2D eigenvalue weighted by atomic mass is 16.5. The smallest absolute Gasteiger partial charge is 0.181 e. The van der Waals surface area contributed by atoms with Crippen molar-refractivity contribution in [2.24, 2.45) is 0 Å². The number of nitriles is 1. The molecule has 1 aliphatic rings. The number of benzene rings is 1. The molecule has 2 rings (SSSR count). The van der Waals surface area contributed by atoms with Gasteiger partial charge in [0.2, 0.25) is 0 Å². The predicted molar refractivity (Wildman–Crippen MR) is 72.7 cm³/mol. The van der Waals surface area contributed by atoms with Crippen LogP contribution in [0.1, 0.15) is 31.7 Å². The van der Waals surface area contributed by atoms with Crippen molar-refractivity contribution in [2.45, 2.75) is 44.4 Å². The molecule has 1 unspecified atom stereocenters. The molecule has 4 heteroatoms. The lowest BCUT2D eigenvalue weighted by atomic mass is 9.80. The lowest BCUT2D eigenvalue weighted by Crippen LogP contribution is -2.45. The summed E-state index contributed by atoms with van der Waals surface area (Å²) >= 11 is 0. The van der Waals surface area contributed by atoms with Gasteiger partial charge in [-0.1, -0.05) is 12.1 Å². The van der Waals surface area contributed by atoms with Crippen LogP contribution in [-0.2, 0) is 6.54 Å². The highest BCUT2D eigenvalue weighted by Crippen LogP contribution is 2.30. The Morgan fingerprint density at radius 3 is 2.63 bits per heavy atom. The molecule has 0 spiro atoms. The Morgan fingerprint density at radius 2 is 2.11 bits per heavy atom. The molecule has 2 N–H and O–H groups in total. The molecule has 0 bridgehead atoms. The molecule has 1 aromatic rings. The van der Waals surface area contributed by atoms with E-state index in [2.05, 4.69) is 5.32 Å². The molecule has 19 heavy (non-hydrogen) atoms. The molecule has 4 nitrogen and oxygen atoms in total. The second-order valence-electron chi connectivity index (χ2n) is 5.21. The zero-order valence-corrected chi connectivity index (χ0v) is 11.2. The SMILES string of the molecule is CC(C#N)Oc1ccc(CNCC2(O)CCC2)cc1. The molecular formula is C15H20N2O2. The maximum atomic E-state index is 9.95. The molecular weight excluding hydrogens is 240 g/mol. The van der Waals surface area contributed by atoms with Crippen LogP contribution in [0.2, 0.25) is 0 Å². The summed E-state index contributed by atoms with van der Waals surface area (Å²) in [5.74, 6) is 0.704. The molecule has 1 fully saturated rings. The first-order chi connectivity index (χ1) is 9.11. The largest absolute Gasteiger partial charge is 0.476 e. The van der Waals surface area contributed by atoms with E-state index in [-0.39, 0.29) is 0 Å². The third-order valence-corrected chi connectivity index (χ3v) is 3.49. The molecule has 0 heterocycles. The maximum absolute atomic E-state index is 9.95. The van der Waals surface area contributed by atoms with Gasteiger partial charge in [-0.3, -0.25) is 0 Å². The number of ether oxygens (including phenoxy) is 1. The molecule has 0 saturated heterocycles. The van der Waals surface area contributed by atoms with E-state index in [1.807, 2.05) is 30.3 Å². The Balaban J connectivity index is 1.77. The minimum Gasteiger partial charge on any atom is -0.476 e. The van der Waals surface area contributed by atoms with E-state index >= 15 is 0 Å². The quantitative estimate of drug-likeness (QED) is 0.821. The Labute approximate surface area is 114 Å². The number of nitrogens with one attached hydrogen (secondary N) is 1. The van der Waals surface area contributed by atoms with Gasteiger partial charge in [-0.15, -0.1) is 0 Å². The summed E-state index contributed by atoms with van der Waals surface area (Å²) in [6.07, 6.45) is 2.50. The van der Waals surface area contributed by atoms with Crippen LogP contribution in [0.25, 0.3) is 0 Å². The van der Waals surface area contributed by atoms with E-state index < -0.39 is 11.7 Å². The first kappa shape index (κ1) is 13.9. The van der Waals surface area contributed by atoms with Crippen molar-refractivity contribution < 1.29 is 9.84 Å². The first-order valence-corrected chi connectivity index (χ1v) is 6.70. The molecule has 1 aromatic carbocycles. The van der Waals surface area contributed by atoms with Crippen LogP contribution >= 0.6 is 0 Å². The van der Waals surface area contributed by atoms with Gasteiger partial charge in [0.25, 0.3) is 0 Å². The fourth-order valence-electron chi connectivity index (χ4n) is 2.12. The lowest BCUT2D eigenvalue weighted by Gasteiger charge is -2.36. The van der Waals surface area contributed by atoms with Crippen LogP contribution in [0.3, 0.4) is 0 Å². The second-order valence-corrected chi connectivity index (χ2v) is 5.21. The Kier molecular flexibility index (Phi) is 4.41. The van der Waals surface area contributed by atoms with Gasteiger partial charge in [0.05, 0.1) is 5.60 Å². The summed E-state index contributed by atoms with van der Waals surface area (Å²) in [7, 11) is 0. The van der Waals surface area contributed by atoms with Gasteiger partial charge < -0.3 is 15.2 Å². The summed E-state index contributed by atoms with van der Waals surface area (Å²) in [5, 5.41) is 21.9. The van der Waals surface area contributed by atoms with Gasteiger partial charge in [0, 0.05) is 13.1 Å². The van der Waals surface area contributed by atoms with Crippen LogP contribution in [0.4, 0.5) is 0 Å². The van der Waals surface area contributed by atoms with Crippen molar-refractivity contribution in [1.29, 1.82) is 5.26 Å². The molecule has 102 valence electrons. The molecule has 0 radical (unpaired) electrons. The molecule has 0 aromatic heterocycles. The van der Waals surface area contributed by atoms with E-state index in [0.717, 1.165) is 31.4 Å². The number of rotatable bonds is 6. The van der Waals surface area contributed by atoms with Crippen molar-refractivity contribution in [3.8, 4) is 11.8 Å². The molecule has 0 aliphatic heterocycles. The van der Waals surface area contributed by atoms with Gasteiger partial charge in [0.15, 0.2) is 6.10 Å². The third kappa shape index (κ3) is 3.95. The Hall–Kier alpha value is -1.57. The predicted octanol–water partition coefficient (Wildman–Crippen LogP) is 1.98. The van der Waals surface area contributed by atoms with Crippen molar-refractivity contribution in [2.75, 3.05) is 6.54 Å². The monoisotopic (exact) mass is 260 g/mol. The van der Waals surface area contributed by atoms with E-state index in [9.17, 15) is 5.11 Å². The van der Waals surface area contributed by atoms with E-state index in [4.69, 9.17) is 10.00 Å². The third-order valence-electron chi connectivity index (χ3n) is 3.49. The first-order valence-electron chi connectivity index (χ1n) is 6.70. The summed E-state index contributed by atoms with van der Waals surface area (Å²) in [5.41, 5.74) is 0.658. The number of hydrogen-bond acceptors (Lipinski definition) is 4. The fourth-order valence-corrected chi connectivity index (χ4v) is 2.12. The van der Waals surface area contributed by atoms with Crippen LogP contribution in [0.15, 0.2) is 24.3 Å². The topological polar surface area (TPSA) is 65.3 Å². The fraction of sp³-hybridized carbons (Fsp3) is 0.533. The van der Waals surface area contributed by atoms with Gasteiger partial charge in [-0.2, -0.15) is 5.26 Å². The Bertz CT molecular complexity index is 446. The van der Waals surface area contributed by atoms with Gasteiger partial charge >= 0.3 is 0 Å². The summed E-state index contributed by atoms with van der Waals surface area (Å²) in [4.78, 5) is 0. The zero-order chi connectivity index (χ0) is 13.7. The van der Waals surface area contributed by atoms with Crippen molar-refractivity contribution in [3.05, 3.63) is 29.8 Å². The van der Waals surface area contributed by atoms with Gasteiger partial charge in [0.1, 0.15) is 11.8 Å². The van der Waals surface area contributed by atoms with Gasteiger partial charge in [-0.05, 0) is 43.9 Å². The van der Waals surface area contributed by atoms with Crippen molar-refractivity contribution >= 4 is 0 Å². The maximum Gasteiger partial charge on any atom is 0.181 e. The normalized spacial score (nSPS) is 18.2. The molecule has 1 saturated carbocycles. The minimum absolute atomic E-state index is 0.433. The van der Waals surface area contributed by atoms with Crippen molar-refractivity contribution in [1.82, 2.24) is 5.32 Å². The summed E-state index contributed by atoms with van der Waals surface area (Å²) in [6.45, 7) is 3.10. The van der Waals surface area contributed by atoms with E-state index in [1.165, 1.54) is 0 Å². The van der Waals surface area contributed by atoms with E-state index in [0.29, 0.717) is 12.3 Å². The average molecular weight is 260 g/mol. The van der Waals surface area contributed by atoms with Gasteiger partial charge in [-0.25, -0.2) is 0 Å². The van der Waals surface area contributed by atoms with Crippen LogP contribution in [0, 0.1) is 11.3 Å². The lowest BCUT2D eigenvalue weighted by molar-refractivity contribution is -0.0314. The number of nitrogens with zero attached hydrogens (tertiary/aromatic N) is 1. The molecule has 1 aliphatic carbocycles. The van der Waals surface area contributed by atoms with Crippen molar-refractivity contribution in [3.63, 3.8) is 0 Å². The van der Waals surface area contributed by atoms with Crippen LogP contribution in [-0.4, -0.2) is 23.4 Å². The highest BCUT2D eigenvalue weighted by Gasteiger charge is 2.33. The Morgan fingerprint density at radius 1 is 1.42 bits per heavy atom. The van der Waals surface area contributed by atoms with E-state index in [1.54, 1.807) is 6.92 Å². The highest BCUT2D eigenvalue weighted by molar-refractivity contribution is 5.27. The zero-order valence-electron chi connectivity index (χ0n) is 11.2. The number of hydrogen-bond donors (Lipinski definition) is 2. The second kappa shape index (κ2) is 6.05. The summed E-state index contributed by atoms with van der Waals surface area (Å²) in [6, 6.07) is 9.70. The van der Waals surface area contributed by atoms with Crippen LogP contribution in [0.5, 0.6) is 5.75 Å². The number of aliphatic hydroxyl groups is 1. The van der Waals surface area contributed by atoms with Crippen LogP contribution < -0.4 is 10.1 Å². The average Bonchev–Trinajstić information content (AvgIpc) is 2.38.